The van der Waals surface area contributed by atoms with Crippen molar-refractivity contribution in [1.82, 2.24) is 15.1 Å². The lowest BCUT2D eigenvalue weighted by Crippen LogP contribution is -2.36. The summed E-state index contributed by atoms with van der Waals surface area (Å²) >= 11 is 0. The summed E-state index contributed by atoms with van der Waals surface area (Å²) in [7, 11) is 1.39. The molecule has 2 aromatic carbocycles. The van der Waals surface area contributed by atoms with Gasteiger partial charge in [0.1, 0.15) is 0 Å². The third-order valence-corrected chi connectivity index (χ3v) is 5.86. The van der Waals surface area contributed by atoms with E-state index in [1.807, 2.05) is 36.5 Å². The van der Waals surface area contributed by atoms with Crippen molar-refractivity contribution in [3.8, 4) is 11.1 Å². The van der Waals surface area contributed by atoms with E-state index >= 15 is 0 Å². The van der Waals surface area contributed by atoms with E-state index < -0.39 is 0 Å². The number of rotatable bonds is 8. The van der Waals surface area contributed by atoms with Gasteiger partial charge in [0, 0.05) is 30.3 Å². The van der Waals surface area contributed by atoms with E-state index in [1.165, 1.54) is 18.4 Å². The van der Waals surface area contributed by atoms with Crippen molar-refractivity contribution in [2.45, 2.75) is 25.4 Å². The molecule has 4 rings (SSSR count). The number of piperidine rings is 1. The molecule has 6 heteroatoms. The number of carbonyl (C=O) groups is 1. The first-order chi connectivity index (χ1) is 15.2. The second-order valence-electron chi connectivity index (χ2n) is 7.94. The number of H-pyrrole nitrogens is 1. The number of benzene rings is 2. The Morgan fingerprint density at radius 3 is 2.74 bits per heavy atom. The highest BCUT2D eigenvalue weighted by Gasteiger charge is 2.25. The van der Waals surface area contributed by atoms with Crippen molar-refractivity contribution in [2.75, 3.05) is 33.4 Å². The third kappa shape index (κ3) is 5.40. The molecule has 1 aromatic heterocycles. The van der Waals surface area contributed by atoms with E-state index in [2.05, 4.69) is 27.2 Å². The first-order valence-corrected chi connectivity index (χ1v) is 10.8. The fourth-order valence-corrected chi connectivity index (χ4v) is 4.19. The van der Waals surface area contributed by atoms with Crippen LogP contribution in [0.2, 0.25) is 0 Å². The van der Waals surface area contributed by atoms with Crippen LogP contribution in [0.1, 0.15) is 40.4 Å². The molecule has 0 aliphatic carbocycles. The van der Waals surface area contributed by atoms with Gasteiger partial charge in [-0.25, -0.2) is 4.79 Å². The zero-order valence-corrected chi connectivity index (χ0v) is 17.9. The van der Waals surface area contributed by atoms with Gasteiger partial charge < -0.3 is 14.4 Å². The number of nitrogens with zero attached hydrogens (tertiary/aromatic N) is 2. The van der Waals surface area contributed by atoms with Crippen LogP contribution in [0.5, 0.6) is 0 Å². The van der Waals surface area contributed by atoms with Gasteiger partial charge in [0.15, 0.2) is 0 Å². The first kappa shape index (κ1) is 21.3. The van der Waals surface area contributed by atoms with Gasteiger partial charge in [-0.3, -0.25) is 5.10 Å². The van der Waals surface area contributed by atoms with Gasteiger partial charge in [-0.2, -0.15) is 5.10 Å². The van der Waals surface area contributed by atoms with E-state index in [1.54, 1.807) is 12.1 Å². The number of hydrogen-bond acceptors (Lipinski definition) is 5. The van der Waals surface area contributed by atoms with Gasteiger partial charge in [-0.05, 0) is 42.6 Å². The van der Waals surface area contributed by atoms with Crippen LogP contribution in [-0.4, -0.2) is 54.4 Å². The smallest absolute Gasteiger partial charge is 0.337 e. The monoisotopic (exact) mass is 419 g/mol. The number of ether oxygens (including phenoxy) is 2. The van der Waals surface area contributed by atoms with Crippen LogP contribution in [0, 0.1) is 0 Å². The molecule has 162 valence electrons. The Kier molecular flexibility index (Phi) is 7.12. The topological polar surface area (TPSA) is 67.5 Å². The van der Waals surface area contributed by atoms with Crippen LogP contribution in [0.3, 0.4) is 0 Å². The summed E-state index contributed by atoms with van der Waals surface area (Å²) in [4.78, 5) is 14.2. The molecule has 0 saturated carbocycles. The molecule has 2 heterocycles. The van der Waals surface area contributed by atoms with Crippen molar-refractivity contribution in [2.24, 2.45) is 0 Å². The maximum atomic E-state index is 11.7. The molecule has 0 amide bonds. The molecule has 0 bridgehead atoms. The van der Waals surface area contributed by atoms with Crippen LogP contribution < -0.4 is 0 Å². The molecule has 31 heavy (non-hydrogen) atoms. The number of aromatic amines is 1. The Bertz CT molecular complexity index is 969. The predicted octanol–water partition coefficient (Wildman–Crippen LogP) is 4.26. The van der Waals surface area contributed by atoms with E-state index in [0.717, 1.165) is 50.2 Å². The summed E-state index contributed by atoms with van der Waals surface area (Å²) in [6, 6.07) is 17.8. The minimum atomic E-state index is -0.323. The maximum Gasteiger partial charge on any atom is 0.337 e. The molecule has 6 nitrogen and oxygen atoms in total. The van der Waals surface area contributed by atoms with Crippen molar-refractivity contribution in [3.63, 3.8) is 0 Å². The maximum absolute atomic E-state index is 11.7. The van der Waals surface area contributed by atoms with Gasteiger partial charge in [-0.1, -0.05) is 42.5 Å². The SMILES string of the molecule is COC(=O)c1ccc(-c2cn[nH]c2[C@H]2CCCN(CCOCc3ccccc3)C2)cc1. The summed E-state index contributed by atoms with van der Waals surface area (Å²) in [5.74, 6) is 0.0806. The summed E-state index contributed by atoms with van der Waals surface area (Å²) in [5, 5.41) is 7.55. The Hall–Kier alpha value is -2.96. The highest BCUT2D eigenvalue weighted by molar-refractivity contribution is 5.90. The van der Waals surface area contributed by atoms with Gasteiger partial charge in [0.25, 0.3) is 0 Å². The van der Waals surface area contributed by atoms with Crippen LogP contribution in [-0.2, 0) is 16.1 Å². The molecular formula is C25H29N3O3. The fourth-order valence-electron chi connectivity index (χ4n) is 4.19. The lowest BCUT2D eigenvalue weighted by molar-refractivity contribution is 0.0600. The molecule has 1 atom stereocenters. The van der Waals surface area contributed by atoms with E-state index in [-0.39, 0.29) is 5.97 Å². The molecular weight excluding hydrogens is 390 g/mol. The molecule has 1 N–H and O–H groups in total. The average Bonchev–Trinajstić information content (AvgIpc) is 3.32. The molecule has 3 aromatic rings. The summed E-state index contributed by atoms with van der Waals surface area (Å²) in [6.07, 6.45) is 4.17. The average molecular weight is 420 g/mol. The highest BCUT2D eigenvalue weighted by atomic mass is 16.5. The summed E-state index contributed by atoms with van der Waals surface area (Å²) < 4.78 is 10.7. The van der Waals surface area contributed by atoms with Crippen LogP contribution in [0.4, 0.5) is 0 Å². The predicted molar refractivity (Wildman–Crippen MR) is 120 cm³/mol. The van der Waals surface area contributed by atoms with Gasteiger partial charge in [0.2, 0.25) is 0 Å². The van der Waals surface area contributed by atoms with Crippen LogP contribution >= 0.6 is 0 Å². The second kappa shape index (κ2) is 10.4. The lowest BCUT2D eigenvalue weighted by atomic mass is 9.90. The van der Waals surface area contributed by atoms with Crippen molar-refractivity contribution >= 4 is 5.97 Å². The fraction of sp³-hybridized carbons (Fsp3) is 0.360. The highest BCUT2D eigenvalue weighted by Crippen LogP contribution is 2.33. The largest absolute Gasteiger partial charge is 0.465 e. The number of likely N-dealkylation sites (tertiary alicyclic amines) is 1. The number of nitrogens with one attached hydrogen (secondary N) is 1. The van der Waals surface area contributed by atoms with Crippen molar-refractivity contribution < 1.29 is 14.3 Å². The minimum Gasteiger partial charge on any atom is -0.465 e. The molecule has 1 aliphatic rings. The quantitative estimate of drug-likeness (QED) is 0.437. The molecule has 1 aliphatic heterocycles. The van der Waals surface area contributed by atoms with Gasteiger partial charge >= 0.3 is 5.97 Å². The molecule has 0 radical (unpaired) electrons. The molecule has 1 saturated heterocycles. The summed E-state index contributed by atoms with van der Waals surface area (Å²) in [6.45, 7) is 4.41. The number of carbonyl (C=O) groups excluding carboxylic acids is 1. The zero-order valence-electron chi connectivity index (χ0n) is 17.9. The molecule has 0 spiro atoms. The van der Waals surface area contributed by atoms with Crippen molar-refractivity contribution in [1.29, 1.82) is 0 Å². The number of hydrogen-bond donors (Lipinski definition) is 1. The van der Waals surface area contributed by atoms with Crippen molar-refractivity contribution in [3.05, 3.63) is 77.6 Å². The van der Waals surface area contributed by atoms with Gasteiger partial charge in [-0.15, -0.1) is 0 Å². The first-order valence-electron chi connectivity index (χ1n) is 10.8. The third-order valence-electron chi connectivity index (χ3n) is 5.86. The Morgan fingerprint density at radius 1 is 1.16 bits per heavy atom. The Morgan fingerprint density at radius 2 is 1.97 bits per heavy atom. The minimum absolute atomic E-state index is 0.323. The zero-order chi connectivity index (χ0) is 21.5. The number of methoxy groups -OCH3 is 1. The normalized spacial score (nSPS) is 16.9. The van der Waals surface area contributed by atoms with E-state index in [4.69, 9.17) is 9.47 Å². The Labute approximate surface area is 183 Å². The Balaban J connectivity index is 1.34. The van der Waals surface area contributed by atoms with E-state index in [9.17, 15) is 4.79 Å². The standard InChI is InChI=1S/C25H29N3O3/c1-30-25(29)21-11-9-20(10-12-21)23-16-26-27-24(23)22-8-5-13-28(17-22)14-15-31-18-19-6-3-2-4-7-19/h2-4,6-7,9-12,16,22H,5,8,13-15,17-18H2,1H3,(H,26,27)/t22-/m0/s1. The van der Waals surface area contributed by atoms with E-state index in [0.29, 0.717) is 18.1 Å². The lowest BCUT2D eigenvalue weighted by Gasteiger charge is -2.32. The molecule has 0 unspecified atom stereocenters. The number of aromatic nitrogens is 2. The second-order valence-corrected chi connectivity index (χ2v) is 7.94. The molecule has 1 fully saturated rings. The van der Waals surface area contributed by atoms with Gasteiger partial charge in [0.05, 0.1) is 32.1 Å². The summed E-state index contributed by atoms with van der Waals surface area (Å²) in [5.41, 5.74) is 5.08. The number of esters is 1. The van der Waals surface area contributed by atoms with Crippen LogP contribution in [0.15, 0.2) is 60.8 Å². The van der Waals surface area contributed by atoms with Crippen LogP contribution in [0.25, 0.3) is 11.1 Å².